The SMILES string of the molecule is FC(F)Oc1cccc(NCc2ccc(Cl)c(Br)c2)c1. The Hall–Kier alpha value is -1.33. The molecule has 2 nitrogen and oxygen atoms in total. The Morgan fingerprint density at radius 2 is 2.00 bits per heavy atom. The van der Waals surface area contributed by atoms with Gasteiger partial charge in [0.15, 0.2) is 0 Å². The van der Waals surface area contributed by atoms with Crippen LogP contribution in [0.5, 0.6) is 5.75 Å². The normalized spacial score (nSPS) is 10.7. The highest BCUT2D eigenvalue weighted by Crippen LogP contribution is 2.24. The first kappa shape index (κ1) is 15.1. The lowest BCUT2D eigenvalue weighted by Gasteiger charge is -2.10. The molecular formula is C14H11BrClF2NO. The summed E-state index contributed by atoms with van der Waals surface area (Å²) in [4.78, 5) is 0. The van der Waals surface area contributed by atoms with E-state index in [4.69, 9.17) is 11.6 Å². The highest BCUT2D eigenvalue weighted by molar-refractivity contribution is 9.10. The summed E-state index contributed by atoms with van der Waals surface area (Å²) in [6, 6.07) is 12.0. The number of ether oxygens (including phenoxy) is 1. The number of hydrogen-bond acceptors (Lipinski definition) is 2. The summed E-state index contributed by atoms with van der Waals surface area (Å²) in [5.74, 6) is 0.127. The number of rotatable bonds is 5. The van der Waals surface area contributed by atoms with Gasteiger partial charge in [0.2, 0.25) is 0 Å². The lowest BCUT2D eigenvalue weighted by molar-refractivity contribution is -0.0498. The number of anilines is 1. The quantitative estimate of drug-likeness (QED) is 0.777. The van der Waals surface area contributed by atoms with Crippen LogP contribution in [0, 0.1) is 0 Å². The van der Waals surface area contributed by atoms with E-state index >= 15 is 0 Å². The predicted molar refractivity (Wildman–Crippen MR) is 79.6 cm³/mol. The van der Waals surface area contributed by atoms with Gasteiger partial charge >= 0.3 is 6.61 Å². The molecule has 0 aromatic heterocycles. The third kappa shape index (κ3) is 4.35. The van der Waals surface area contributed by atoms with Gasteiger partial charge in [0.25, 0.3) is 0 Å². The van der Waals surface area contributed by atoms with Crippen molar-refractivity contribution in [3.05, 3.63) is 57.5 Å². The molecule has 0 aliphatic carbocycles. The Labute approximate surface area is 128 Å². The predicted octanol–water partition coefficient (Wildman–Crippen LogP) is 5.32. The largest absolute Gasteiger partial charge is 0.435 e. The van der Waals surface area contributed by atoms with Crippen molar-refractivity contribution in [1.82, 2.24) is 0 Å². The van der Waals surface area contributed by atoms with Gasteiger partial charge in [-0.25, -0.2) is 0 Å². The Kier molecular flexibility index (Phi) is 5.20. The van der Waals surface area contributed by atoms with Gasteiger partial charge in [0.1, 0.15) is 5.75 Å². The lowest BCUT2D eigenvalue weighted by atomic mass is 10.2. The summed E-state index contributed by atoms with van der Waals surface area (Å²) in [6.45, 7) is -2.27. The molecule has 0 heterocycles. The van der Waals surface area contributed by atoms with Gasteiger partial charge in [-0.1, -0.05) is 23.7 Å². The van der Waals surface area contributed by atoms with Crippen molar-refractivity contribution in [2.24, 2.45) is 0 Å². The zero-order valence-corrected chi connectivity index (χ0v) is 12.6. The molecule has 2 aromatic rings. The maximum absolute atomic E-state index is 12.1. The number of benzene rings is 2. The Bertz CT molecular complexity index is 595. The summed E-state index contributed by atoms with van der Waals surface area (Å²) in [6.07, 6.45) is 0. The zero-order valence-electron chi connectivity index (χ0n) is 10.2. The van der Waals surface area contributed by atoms with Crippen molar-refractivity contribution < 1.29 is 13.5 Å². The fraction of sp³-hybridized carbons (Fsp3) is 0.143. The van der Waals surface area contributed by atoms with Gasteiger partial charge in [-0.3, -0.25) is 0 Å². The van der Waals surface area contributed by atoms with E-state index in [2.05, 4.69) is 26.0 Å². The van der Waals surface area contributed by atoms with Crippen LogP contribution in [0.25, 0.3) is 0 Å². The molecule has 0 amide bonds. The number of halogens is 4. The average molecular weight is 363 g/mol. The minimum atomic E-state index is -2.82. The monoisotopic (exact) mass is 361 g/mol. The summed E-state index contributed by atoms with van der Waals surface area (Å²) in [5.41, 5.74) is 1.72. The molecule has 0 fully saturated rings. The molecule has 1 N–H and O–H groups in total. The number of alkyl halides is 2. The second kappa shape index (κ2) is 6.90. The van der Waals surface area contributed by atoms with E-state index in [0.29, 0.717) is 17.3 Å². The van der Waals surface area contributed by atoms with Crippen molar-refractivity contribution in [3.8, 4) is 5.75 Å². The average Bonchev–Trinajstić information content (AvgIpc) is 2.40. The van der Waals surface area contributed by atoms with E-state index in [9.17, 15) is 8.78 Å². The molecule has 0 radical (unpaired) electrons. The van der Waals surface area contributed by atoms with Gasteiger partial charge in [0, 0.05) is 22.8 Å². The molecule has 0 bridgehead atoms. The standard InChI is InChI=1S/C14H11BrClF2NO/c15-12-6-9(4-5-13(12)16)8-19-10-2-1-3-11(7-10)20-14(17)18/h1-7,14,19H,8H2. The highest BCUT2D eigenvalue weighted by atomic mass is 79.9. The summed E-state index contributed by atoms with van der Waals surface area (Å²) >= 11 is 9.26. The summed E-state index contributed by atoms with van der Waals surface area (Å²) in [5, 5.41) is 3.77. The molecule has 0 unspecified atom stereocenters. The van der Waals surface area contributed by atoms with Crippen molar-refractivity contribution in [2.75, 3.05) is 5.32 Å². The minimum absolute atomic E-state index is 0.127. The van der Waals surface area contributed by atoms with Crippen LogP contribution >= 0.6 is 27.5 Å². The zero-order chi connectivity index (χ0) is 14.5. The molecular weight excluding hydrogens is 352 g/mol. The van der Waals surface area contributed by atoms with Gasteiger partial charge in [-0.2, -0.15) is 8.78 Å². The topological polar surface area (TPSA) is 21.3 Å². The number of hydrogen-bond donors (Lipinski definition) is 1. The van der Waals surface area contributed by atoms with Crippen LogP contribution in [0.1, 0.15) is 5.56 Å². The molecule has 20 heavy (non-hydrogen) atoms. The molecule has 0 saturated heterocycles. The van der Waals surface area contributed by atoms with E-state index in [1.165, 1.54) is 12.1 Å². The third-order valence-corrected chi connectivity index (χ3v) is 3.75. The van der Waals surface area contributed by atoms with Crippen LogP contribution in [0.15, 0.2) is 46.9 Å². The first-order valence-electron chi connectivity index (χ1n) is 5.77. The van der Waals surface area contributed by atoms with E-state index in [1.807, 2.05) is 12.1 Å². The Balaban J connectivity index is 2.01. The van der Waals surface area contributed by atoms with Crippen LogP contribution in [0.3, 0.4) is 0 Å². The fourth-order valence-corrected chi connectivity index (χ4v) is 2.18. The van der Waals surface area contributed by atoms with Crippen LogP contribution in [0.2, 0.25) is 5.02 Å². The smallest absolute Gasteiger partial charge is 0.387 e. The van der Waals surface area contributed by atoms with Crippen LogP contribution in [-0.4, -0.2) is 6.61 Å². The second-order valence-electron chi connectivity index (χ2n) is 4.01. The van der Waals surface area contributed by atoms with Crippen LogP contribution in [0.4, 0.5) is 14.5 Å². The van der Waals surface area contributed by atoms with Crippen molar-refractivity contribution in [1.29, 1.82) is 0 Å². The van der Waals surface area contributed by atoms with E-state index < -0.39 is 6.61 Å². The van der Waals surface area contributed by atoms with Gasteiger partial charge in [0.05, 0.1) is 5.02 Å². The number of nitrogens with one attached hydrogen (secondary N) is 1. The van der Waals surface area contributed by atoms with Crippen LogP contribution < -0.4 is 10.1 Å². The van der Waals surface area contributed by atoms with Gasteiger partial charge in [-0.05, 0) is 45.8 Å². The molecule has 0 aliphatic rings. The second-order valence-corrected chi connectivity index (χ2v) is 5.27. The summed E-state index contributed by atoms with van der Waals surface area (Å²) < 4.78 is 29.4. The summed E-state index contributed by atoms with van der Waals surface area (Å²) in [7, 11) is 0. The van der Waals surface area contributed by atoms with E-state index in [1.54, 1.807) is 18.2 Å². The first-order valence-corrected chi connectivity index (χ1v) is 6.94. The molecule has 0 aliphatic heterocycles. The van der Waals surface area contributed by atoms with Crippen LogP contribution in [-0.2, 0) is 6.54 Å². The minimum Gasteiger partial charge on any atom is -0.435 e. The van der Waals surface area contributed by atoms with Gasteiger partial charge < -0.3 is 10.1 Å². The Morgan fingerprint density at radius 1 is 1.20 bits per heavy atom. The maximum atomic E-state index is 12.1. The third-order valence-electron chi connectivity index (χ3n) is 2.54. The van der Waals surface area contributed by atoms with Crippen molar-refractivity contribution >= 4 is 33.2 Å². The van der Waals surface area contributed by atoms with E-state index in [-0.39, 0.29) is 5.75 Å². The molecule has 2 rings (SSSR count). The maximum Gasteiger partial charge on any atom is 0.387 e. The Morgan fingerprint density at radius 3 is 2.70 bits per heavy atom. The lowest BCUT2D eigenvalue weighted by Crippen LogP contribution is -2.03. The molecule has 106 valence electrons. The fourth-order valence-electron chi connectivity index (χ4n) is 1.64. The van der Waals surface area contributed by atoms with Crippen molar-refractivity contribution in [2.45, 2.75) is 13.2 Å². The van der Waals surface area contributed by atoms with Gasteiger partial charge in [-0.15, -0.1) is 0 Å². The molecule has 2 aromatic carbocycles. The molecule has 0 atom stereocenters. The molecule has 0 spiro atoms. The van der Waals surface area contributed by atoms with Crippen molar-refractivity contribution in [3.63, 3.8) is 0 Å². The molecule has 0 saturated carbocycles. The first-order chi connectivity index (χ1) is 9.54. The highest BCUT2D eigenvalue weighted by Gasteiger charge is 2.05. The molecule has 6 heteroatoms. The van der Waals surface area contributed by atoms with E-state index in [0.717, 1.165) is 10.0 Å².